The molecule has 1 amide bonds. The minimum absolute atomic E-state index is 0.0602. The van der Waals surface area contributed by atoms with Crippen LogP contribution >= 0.6 is 0 Å². The quantitative estimate of drug-likeness (QED) is 0.399. The Morgan fingerprint density at radius 2 is 2.16 bits per heavy atom. The van der Waals surface area contributed by atoms with E-state index >= 15 is 0 Å². The number of fused-ring (bicyclic) bond motifs is 3. The molecule has 0 aliphatic carbocycles. The highest BCUT2D eigenvalue weighted by molar-refractivity contribution is 6.03. The van der Waals surface area contributed by atoms with Crippen molar-refractivity contribution in [1.29, 1.82) is 5.26 Å². The Hall–Kier alpha value is -3.81. The van der Waals surface area contributed by atoms with Gasteiger partial charge in [-0.05, 0) is 38.0 Å². The normalized spacial score (nSPS) is 22.2. The number of anilines is 1. The Morgan fingerprint density at radius 1 is 1.27 bits per heavy atom. The van der Waals surface area contributed by atoms with Crippen molar-refractivity contribution in [1.82, 2.24) is 24.3 Å². The first-order valence-corrected chi connectivity index (χ1v) is 12.7. The fraction of sp³-hybridized carbons (Fsp3) is 0.444. The number of imidazole rings is 1. The molecule has 2 saturated heterocycles. The van der Waals surface area contributed by atoms with Crippen LogP contribution in [-0.4, -0.2) is 63.2 Å². The Kier molecular flexibility index (Phi) is 6.10. The Labute approximate surface area is 214 Å². The molecule has 3 atom stereocenters. The summed E-state index contributed by atoms with van der Waals surface area (Å²) in [7, 11) is 1.66. The lowest BCUT2D eigenvalue weighted by atomic mass is 10.0. The van der Waals surface area contributed by atoms with Crippen molar-refractivity contribution in [3.05, 3.63) is 48.2 Å². The Morgan fingerprint density at radius 3 is 2.97 bits per heavy atom. The number of rotatable bonds is 6. The Bertz CT molecular complexity index is 1520. The van der Waals surface area contributed by atoms with Gasteiger partial charge in [-0.3, -0.25) is 14.5 Å². The van der Waals surface area contributed by atoms with E-state index in [2.05, 4.69) is 27.6 Å². The van der Waals surface area contributed by atoms with Gasteiger partial charge in [-0.15, -0.1) is 0 Å². The lowest BCUT2D eigenvalue weighted by Crippen LogP contribution is -2.28. The second-order valence-electron chi connectivity index (χ2n) is 9.90. The van der Waals surface area contributed by atoms with E-state index in [1.165, 1.54) is 0 Å². The first-order chi connectivity index (χ1) is 18.1. The number of nitriles is 1. The largest absolute Gasteiger partial charge is 0.383 e. The highest BCUT2D eigenvalue weighted by atomic mass is 16.5. The average Bonchev–Trinajstić information content (AvgIpc) is 3.63. The number of aromatic nitrogens is 5. The van der Waals surface area contributed by atoms with Crippen LogP contribution in [0.5, 0.6) is 0 Å². The van der Waals surface area contributed by atoms with E-state index in [1.54, 1.807) is 35.2 Å². The van der Waals surface area contributed by atoms with E-state index in [0.29, 0.717) is 38.3 Å². The van der Waals surface area contributed by atoms with Crippen LogP contribution in [-0.2, 0) is 20.8 Å². The van der Waals surface area contributed by atoms with Crippen molar-refractivity contribution < 1.29 is 14.3 Å². The molecule has 2 aliphatic rings. The molecule has 37 heavy (non-hydrogen) atoms. The minimum Gasteiger partial charge on any atom is -0.383 e. The summed E-state index contributed by atoms with van der Waals surface area (Å²) >= 11 is 0. The van der Waals surface area contributed by atoms with Crippen molar-refractivity contribution in [3.8, 4) is 6.07 Å². The maximum atomic E-state index is 13.2. The number of nitrogens with zero attached hydrogens (tertiary/aromatic N) is 7. The molecule has 0 N–H and O–H groups in total. The second-order valence-corrected chi connectivity index (χ2v) is 9.90. The maximum absolute atomic E-state index is 13.2. The number of hydrogen-bond donors (Lipinski definition) is 0. The van der Waals surface area contributed by atoms with E-state index in [1.807, 2.05) is 18.3 Å². The summed E-state index contributed by atoms with van der Waals surface area (Å²) in [4.78, 5) is 24.7. The fourth-order valence-corrected chi connectivity index (χ4v) is 5.66. The van der Waals surface area contributed by atoms with Crippen molar-refractivity contribution in [2.24, 2.45) is 0 Å². The zero-order valence-electron chi connectivity index (χ0n) is 21.0. The topological polar surface area (TPSA) is 111 Å². The third-order valence-corrected chi connectivity index (χ3v) is 7.44. The molecule has 6 rings (SSSR count). The maximum Gasteiger partial charge on any atom is 0.227 e. The summed E-state index contributed by atoms with van der Waals surface area (Å²) in [6.07, 6.45) is 7.66. The molecule has 0 radical (unpaired) electrons. The zero-order valence-corrected chi connectivity index (χ0v) is 21.0. The summed E-state index contributed by atoms with van der Waals surface area (Å²) in [5, 5.41) is 14.9. The van der Waals surface area contributed by atoms with Crippen molar-refractivity contribution in [2.75, 3.05) is 31.8 Å². The van der Waals surface area contributed by atoms with Gasteiger partial charge in [0.05, 0.1) is 60.0 Å². The number of ether oxygens (including phenoxy) is 2. The first kappa shape index (κ1) is 23.6. The fourth-order valence-electron chi connectivity index (χ4n) is 5.66. The summed E-state index contributed by atoms with van der Waals surface area (Å²) < 4.78 is 15.1. The molecule has 5 heterocycles. The summed E-state index contributed by atoms with van der Waals surface area (Å²) in [6.45, 7) is 4.49. The Balaban J connectivity index is 1.44. The van der Waals surface area contributed by atoms with Gasteiger partial charge in [0, 0.05) is 50.2 Å². The highest BCUT2D eigenvalue weighted by Gasteiger charge is 2.37. The molecule has 1 unspecified atom stereocenters. The van der Waals surface area contributed by atoms with Gasteiger partial charge in [0.1, 0.15) is 11.3 Å². The van der Waals surface area contributed by atoms with Crippen LogP contribution in [0.4, 0.5) is 5.69 Å². The molecule has 190 valence electrons. The standard InChI is InChI=1S/C27H29N7O3/c1-17-9-20(5-7-37-17)34-26-22-10-18(12-28)3-4-23(22)29-14-24(26)31-27(34)19-11-25(35)33(15-19)21-13-30-32(16-21)6-8-36-2/h3-4,10,13-14,16-17,19-20H,5-9,11,15H2,1-2H3/t17-,19?,20-/m1/s1. The lowest BCUT2D eigenvalue weighted by Gasteiger charge is -2.31. The van der Waals surface area contributed by atoms with Crippen molar-refractivity contribution in [2.45, 2.75) is 50.8 Å². The van der Waals surface area contributed by atoms with E-state index in [-0.39, 0.29) is 24.0 Å². The number of carbonyl (C=O) groups excluding carboxylic acids is 1. The molecular weight excluding hydrogens is 470 g/mol. The van der Waals surface area contributed by atoms with Crippen LogP contribution in [0.15, 0.2) is 36.8 Å². The highest BCUT2D eigenvalue weighted by Crippen LogP contribution is 2.39. The number of carbonyl (C=O) groups is 1. The molecule has 4 aromatic rings. The number of benzene rings is 1. The second kappa shape index (κ2) is 9.57. The molecule has 0 saturated carbocycles. The van der Waals surface area contributed by atoms with E-state index in [9.17, 15) is 10.1 Å². The van der Waals surface area contributed by atoms with Crippen LogP contribution in [0.25, 0.3) is 21.9 Å². The first-order valence-electron chi connectivity index (χ1n) is 12.7. The molecule has 3 aromatic heterocycles. The molecule has 2 fully saturated rings. The smallest absolute Gasteiger partial charge is 0.227 e. The van der Waals surface area contributed by atoms with Crippen molar-refractivity contribution >= 4 is 33.5 Å². The van der Waals surface area contributed by atoms with Crippen LogP contribution in [0.2, 0.25) is 0 Å². The molecule has 1 aromatic carbocycles. The summed E-state index contributed by atoms with van der Waals surface area (Å²) in [5.74, 6) is 0.882. The molecule has 10 nitrogen and oxygen atoms in total. The van der Waals surface area contributed by atoms with Gasteiger partial charge in [0.25, 0.3) is 0 Å². The minimum atomic E-state index is -0.0745. The van der Waals surface area contributed by atoms with Gasteiger partial charge in [0.2, 0.25) is 5.91 Å². The van der Waals surface area contributed by atoms with Gasteiger partial charge < -0.3 is 18.9 Å². The predicted molar refractivity (Wildman–Crippen MR) is 137 cm³/mol. The summed E-state index contributed by atoms with van der Waals surface area (Å²) in [5.41, 5.74) is 3.97. The van der Waals surface area contributed by atoms with Gasteiger partial charge in [0.15, 0.2) is 0 Å². The molecule has 0 spiro atoms. The average molecular weight is 500 g/mol. The van der Waals surface area contributed by atoms with Crippen molar-refractivity contribution in [3.63, 3.8) is 0 Å². The zero-order chi connectivity index (χ0) is 25.5. The lowest BCUT2D eigenvalue weighted by molar-refractivity contribution is -0.117. The van der Waals surface area contributed by atoms with E-state index < -0.39 is 0 Å². The monoisotopic (exact) mass is 499 g/mol. The van der Waals surface area contributed by atoms with Crippen LogP contribution in [0.3, 0.4) is 0 Å². The van der Waals surface area contributed by atoms with E-state index in [4.69, 9.17) is 14.5 Å². The van der Waals surface area contributed by atoms with Gasteiger partial charge in [-0.1, -0.05) is 0 Å². The van der Waals surface area contributed by atoms with Crippen LogP contribution < -0.4 is 4.90 Å². The van der Waals surface area contributed by atoms with E-state index in [0.717, 1.165) is 46.3 Å². The van der Waals surface area contributed by atoms with Gasteiger partial charge >= 0.3 is 0 Å². The molecule has 10 heteroatoms. The van der Waals surface area contributed by atoms with Crippen LogP contribution in [0.1, 0.15) is 49.5 Å². The molecular formula is C27H29N7O3. The van der Waals surface area contributed by atoms with Crippen LogP contribution in [0, 0.1) is 11.3 Å². The van der Waals surface area contributed by atoms with Gasteiger partial charge in [-0.2, -0.15) is 10.4 Å². The number of amides is 1. The molecule has 2 aliphatic heterocycles. The predicted octanol–water partition coefficient (Wildman–Crippen LogP) is 3.56. The SMILES string of the molecule is COCCn1cc(N2CC(c3nc4cnc5ccc(C#N)cc5c4n3[C@@H]3CCO[C@H](C)C3)CC2=O)cn1. The summed E-state index contributed by atoms with van der Waals surface area (Å²) in [6, 6.07) is 8.01. The number of methoxy groups -OCH3 is 1. The third-order valence-electron chi connectivity index (χ3n) is 7.44. The molecule has 0 bridgehead atoms. The number of hydrogen-bond acceptors (Lipinski definition) is 7. The van der Waals surface area contributed by atoms with Gasteiger partial charge in [-0.25, -0.2) is 4.98 Å². The number of pyridine rings is 1. The third kappa shape index (κ3) is 4.24.